The Morgan fingerprint density at radius 2 is 1.89 bits per heavy atom. The lowest BCUT2D eigenvalue weighted by Gasteiger charge is -2.08. The molecule has 0 atom stereocenters. The van der Waals surface area contributed by atoms with Gasteiger partial charge in [-0.15, -0.1) is 0 Å². The molecule has 0 amide bonds. The Morgan fingerprint density at radius 3 is 2.48 bits per heavy atom. The topological polar surface area (TPSA) is 75.3 Å². The number of methoxy groups -OCH3 is 1. The number of nitrogens with zero attached hydrogens (tertiary/aromatic N) is 3. The van der Waals surface area contributed by atoms with Crippen molar-refractivity contribution in [1.82, 2.24) is 14.3 Å². The summed E-state index contributed by atoms with van der Waals surface area (Å²) in [6.45, 7) is 8.57. The summed E-state index contributed by atoms with van der Waals surface area (Å²) in [6.07, 6.45) is 2.99. The second-order valence-corrected chi connectivity index (χ2v) is 6.50. The van der Waals surface area contributed by atoms with Gasteiger partial charge in [-0.2, -0.15) is 5.10 Å². The number of hydrogen-bond acceptors (Lipinski definition) is 5. The van der Waals surface area contributed by atoms with Gasteiger partial charge in [0.05, 0.1) is 12.3 Å². The van der Waals surface area contributed by atoms with Crippen LogP contribution in [0, 0.1) is 27.7 Å². The standard InChI is InChI=1S/C20H27N3O4/c1-13-11-18(16(4)23(13)9-10-26-6)19(24)12-27-20(25)8-7-17-14(2)21-22(5)15(17)3/h7-8,11H,9-10,12H2,1-6H3/b8-7+. The zero-order valence-electron chi connectivity index (χ0n) is 16.8. The number of carbonyl (C=O) groups excluding carboxylic acids is 2. The first-order valence-corrected chi connectivity index (χ1v) is 8.80. The van der Waals surface area contributed by atoms with Crippen LogP contribution in [0.3, 0.4) is 0 Å². The molecule has 0 aliphatic heterocycles. The average Bonchev–Trinajstić information content (AvgIpc) is 3.04. The molecule has 7 nitrogen and oxygen atoms in total. The van der Waals surface area contributed by atoms with Gasteiger partial charge in [0.25, 0.3) is 0 Å². The van der Waals surface area contributed by atoms with Crippen LogP contribution in [0.2, 0.25) is 0 Å². The average molecular weight is 373 g/mol. The van der Waals surface area contributed by atoms with Crippen molar-refractivity contribution in [2.24, 2.45) is 7.05 Å². The van der Waals surface area contributed by atoms with Crippen molar-refractivity contribution in [1.29, 1.82) is 0 Å². The van der Waals surface area contributed by atoms with Gasteiger partial charge in [-0.3, -0.25) is 9.48 Å². The summed E-state index contributed by atoms with van der Waals surface area (Å²) in [4.78, 5) is 24.4. The van der Waals surface area contributed by atoms with Crippen molar-refractivity contribution < 1.29 is 19.1 Å². The van der Waals surface area contributed by atoms with Gasteiger partial charge in [-0.25, -0.2) is 4.79 Å². The zero-order valence-corrected chi connectivity index (χ0v) is 16.8. The van der Waals surface area contributed by atoms with Crippen molar-refractivity contribution in [3.05, 3.63) is 46.0 Å². The Labute approximate surface area is 159 Å². The molecule has 0 N–H and O–H groups in total. The Bertz CT molecular complexity index is 874. The summed E-state index contributed by atoms with van der Waals surface area (Å²) in [5.41, 5.74) is 5.06. The smallest absolute Gasteiger partial charge is 0.331 e. The minimum atomic E-state index is -0.556. The second-order valence-electron chi connectivity index (χ2n) is 6.50. The summed E-state index contributed by atoms with van der Waals surface area (Å²) >= 11 is 0. The zero-order chi connectivity index (χ0) is 20.1. The van der Waals surface area contributed by atoms with Crippen molar-refractivity contribution >= 4 is 17.8 Å². The molecule has 146 valence electrons. The highest BCUT2D eigenvalue weighted by molar-refractivity contribution is 6.00. The fourth-order valence-electron chi connectivity index (χ4n) is 3.06. The number of rotatable bonds is 8. The number of esters is 1. The van der Waals surface area contributed by atoms with Crippen LogP contribution in [-0.4, -0.2) is 46.4 Å². The third-order valence-corrected chi connectivity index (χ3v) is 4.69. The highest BCUT2D eigenvalue weighted by Gasteiger charge is 2.17. The Balaban J connectivity index is 1.99. The molecule has 2 aromatic heterocycles. The molecule has 0 spiro atoms. The number of aromatic nitrogens is 3. The Morgan fingerprint density at radius 1 is 1.19 bits per heavy atom. The third kappa shape index (κ3) is 4.74. The molecule has 0 radical (unpaired) electrons. The molecule has 7 heteroatoms. The molecule has 0 bridgehead atoms. The third-order valence-electron chi connectivity index (χ3n) is 4.69. The Kier molecular flexibility index (Phi) is 6.74. The van der Waals surface area contributed by atoms with Gasteiger partial charge in [0.15, 0.2) is 6.61 Å². The lowest BCUT2D eigenvalue weighted by molar-refractivity contribution is -0.136. The van der Waals surface area contributed by atoms with E-state index in [1.807, 2.05) is 45.4 Å². The van der Waals surface area contributed by atoms with E-state index in [1.165, 1.54) is 6.08 Å². The molecule has 0 aromatic carbocycles. The quantitative estimate of drug-likeness (QED) is 0.404. The van der Waals surface area contributed by atoms with Crippen LogP contribution in [0.25, 0.3) is 6.08 Å². The van der Waals surface area contributed by atoms with Crippen molar-refractivity contribution in [2.75, 3.05) is 20.3 Å². The predicted molar refractivity (Wildman–Crippen MR) is 103 cm³/mol. The maximum Gasteiger partial charge on any atom is 0.331 e. The van der Waals surface area contributed by atoms with Gasteiger partial charge in [-0.05, 0) is 39.8 Å². The summed E-state index contributed by atoms with van der Waals surface area (Å²) in [5, 5.41) is 4.29. The Hall–Kier alpha value is -2.67. The van der Waals surface area contributed by atoms with Crippen LogP contribution < -0.4 is 0 Å². The molecule has 0 saturated heterocycles. The molecule has 27 heavy (non-hydrogen) atoms. The largest absolute Gasteiger partial charge is 0.454 e. The molecule has 2 rings (SSSR count). The van der Waals surface area contributed by atoms with Crippen molar-refractivity contribution in [3.63, 3.8) is 0 Å². The maximum atomic E-state index is 12.4. The molecule has 0 aliphatic carbocycles. The first-order valence-electron chi connectivity index (χ1n) is 8.80. The van der Waals surface area contributed by atoms with E-state index >= 15 is 0 Å². The van der Waals surface area contributed by atoms with Crippen LogP contribution >= 0.6 is 0 Å². The lowest BCUT2D eigenvalue weighted by atomic mass is 10.1. The number of carbonyl (C=O) groups is 2. The first kappa shape index (κ1) is 20.6. The molecule has 2 aromatic rings. The van der Waals surface area contributed by atoms with E-state index in [9.17, 15) is 9.59 Å². The van der Waals surface area contributed by atoms with E-state index < -0.39 is 5.97 Å². The fourth-order valence-corrected chi connectivity index (χ4v) is 3.06. The lowest BCUT2D eigenvalue weighted by Crippen LogP contribution is -2.14. The molecular weight excluding hydrogens is 346 g/mol. The van der Waals surface area contributed by atoms with Gasteiger partial charge in [0.1, 0.15) is 0 Å². The summed E-state index contributed by atoms with van der Waals surface area (Å²) in [7, 11) is 3.49. The van der Waals surface area contributed by atoms with Crippen LogP contribution in [0.4, 0.5) is 0 Å². The highest BCUT2D eigenvalue weighted by Crippen LogP contribution is 2.16. The van der Waals surface area contributed by atoms with E-state index in [0.717, 1.165) is 28.3 Å². The first-order chi connectivity index (χ1) is 12.8. The van der Waals surface area contributed by atoms with Crippen LogP contribution in [0.5, 0.6) is 0 Å². The normalized spacial score (nSPS) is 11.3. The van der Waals surface area contributed by atoms with Crippen LogP contribution in [0.15, 0.2) is 12.1 Å². The molecule has 0 unspecified atom stereocenters. The number of hydrogen-bond donors (Lipinski definition) is 0. The predicted octanol–water partition coefficient (Wildman–Crippen LogP) is 2.54. The minimum Gasteiger partial charge on any atom is -0.454 e. The summed E-state index contributed by atoms with van der Waals surface area (Å²) in [5.74, 6) is -0.776. The number of ketones is 1. The number of aryl methyl sites for hydroxylation is 3. The highest BCUT2D eigenvalue weighted by atomic mass is 16.5. The van der Waals surface area contributed by atoms with E-state index in [2.05, 4.69) is 5.10 Å². The number of ether oxygens (including phenoxy) is 2. The van der Waals surface area contributed by atoms with Crippen LogP contribution in [0.1, 0.15) is 38.7 Å². The van der Waals surface area contributed by atoms with Gasteiger partial charge in [-0.1, -0.05) is 0 Å². The van der Waals surface area contributed by atoms with Gasteiger partial charge < -0.3 is 14.0 Å². The second kappa shape index (κ2) is 8.81. The van der Waals surface area contributed by atoms with E-state index in [0.29, 0.717) is 18.7 Å². The van der Waals surface area contributed by atoms with Gasteiger partial charge in [0.2, 0.25) is 5.78 Å². The molecule has 2 heterocycles. The molecule has 0 saturated carbocycles. The summed E-state index contributed by atoms with van der Waals surface area (Å²) < 4.78 is 14.0. The maximum absolute atomic E-state index is 12.4. The monoisotopic (exact) mass is 373 g/mol. The van der Waals surface area contributed by atoms with Crippen molar-refractivity contribution in [3.8, 4) is 0 Å². The number of Topliss-reactive ketones (excluding diaryl/α,β-unsaturated/α-hetero) is 1. The van der Waals surface area contributed by atoms with E-state index in [-0.39, 0.29) is 12.4 Å². The summed E-state index contributed by atoms with van der Waals surface area (Å²) in [6, 6.07) is 1.82. The SMILES string of the molecule is COCCn1c(C)cc(C(=O)COC(=O)/C=C/c2c(C)nn(C)c2C)c1C. The van der Waals surface area contributed by atoms with Gasteiger partial charge >= 0.3 is 5.97 Å². The van der Waals surface area contributed by atoms with Crippen LogP contribution in [-0.2, 0) is 27.9 Å². The minimum absolute atomic E-state index is 0.220. The molecule has 0 fully saturated rings. The molecular formula is C20H27N3O4. The van der Waals surface area contributed by atoms with Crippen molar-refractivity contribution in [2.45, 2.75) is 34.2 Å². The van der Waals surface area contributed by atoms with E-state index in [4.69, 9.17) is 9.47 Å². The molecule has 0 aliphatic rings. The van der Waals surface area contributed by atoms with E-state index in [1.54, 1.807) is 17.9 Å². The van der Waals surface area contributed by atoms with Gasteiger partial charge in [0, 0.05) is 55.0 Å². The fraction of sp³-hybridized carbons (Fsp3) is 0.450.